The average Bonchev–Trinajstić information content (AvgIpc) is 4.40. The number of fused-ring (bicyclic) bond motifs is 20. The van der Waals surface area contributed by atoms with Crippen molar-refractivity contribution in [3.05, 3.63) is 230 Å². The molecule has 76 heavy (non-hydrogen) atoms. The lowest BCUT2D eigenvalue weighted by Crippen LogP contribution is -2.16. The molecule has 0 saturated heterocycles. The zero-order valence-corrected chi connectivity index (χ0v) is 41.9. The molecule has 0 atom stereocenters. The van der Waals surface area contributed by atoms with Gasteiger partial charge in [0.15, 0.2) is 0 Å². The summed E-state index contributed by atoms with van der Waals surface area (Å²) in [5.41, 5.74) is 10.9. The van der Waals surface area contributed by atoms with Crippen LogP contribution in [0.2, 0.25) is 0 Å². The molecule has 6 nitrogen and oxygen atoms in total. The SMILES string of the molecule is N#Cc1c(-n2c3ccccc3c3ccccc32)c(C#N)c(-n2c3ccccc3c3c4c(ccc32)sc2ccccc24)c(-n2c3ccccc3c3ccccc32)c1-n1c2ccccc2c2c3c(ccc21)sc1ccccc13. The molecule has 17 aromatic rings. The highest BCUT2D eigenvalue weighted by atomic mass is 32.1. The van der Waals surface area contributed by atoms with Gasteiger partial charge in [-0.25, -0.2) is 0 Å². The summed E-state index contributed by atoms with van der Waals surface area (Å²) in [6, 6.07) is 83.4. The molecule has 0 bridgehead atoms. The monoisotopic (exact) mass is 1000 g/mol. The fraction of sp³-hybridized carbons (Fsp3) is 0. The molecule has 0 aliphatic carbocycles. The molecule has 8 heteroatoms. The number of benzene rings is 11. The normalized spacial score (nSPS) is 12.2. The predicted octanol–water partition coefficient (Wildman–Crippen LogP) is 18.6. The number of hydrogen-bond donors (Lipinski definition) is 0. The van der Waals surface area contributed by atoms with Gasteiger partial charge in [0.05, 0.1) is 66.9 Å². The molecule has 0 radical (unpaired) electrons. The second-order valence-electron chi connectivity index (χ2n) is 19.7. The minimum atomic E-state index is 0.383. The van der Waals surface area contributed by atoms with Crippen molar-refractivity contribution in [2.24, 2.45) is 0 Å². The maximum atomic E-state index is 12.6. The summed E-state index contributed by atoms with van der Waals surface area (Å²) in [4.78, 5) is 0. The fourth-order valence-corrected chi connectivity index (χ4v) is 15.4. The van der Waals surface area contributed by atoms with Crippen LogP contribution in [0.15, 0.2) is 218 Å². The second kappa shape index (κ2) is 15.3. The average molecular weight is 1000 g/mol. The highest BCUT2D eigenvalue weighted by Gasteiger charge is 2.35. The molecule has 11 aromatic carbocycles. The molecular weight excluding hydrogens is 965 g/mol. The summed E-state index contributed by atoms with van der Waals surface area (Å²) in [5.74, 6) is 0. The van der Waals surface area contributed by atoms with E-state index in [-0.39, 0.29) is 0 Å². The van der Waals surface area contributed by atoms with Crippen LogP contribution < -0.4 is 0 Å². The van der Waals surface area contributed by atoms with Gasteiger partial charge in [-0.3, -0.25) is 0 Å². The van der Waals surface area contributed by atoms with Crippen molar-refractivity contribution in [2.45, 2.75) is 0 Å². The number of para-hydroxylation sites is 6. The van der Waals surface area contributed by atoms with E-state index in [0.717, 1.165) is 92.9 Å². The lowest BCUT2D eigenvalue weighted by atomic mass is 9.98. The van der Waals surface area contributed by atoms with Crippen LogP contribution in [-0.4, -0.2) is 18.3 Å². The number of aromatic nitrogens is 4. The molecule has 0 fully saturated rings. The molecule has 6 heterocycles. The first-order valence-electron chi connectivity index (χ1n) is 25.4. The van der Waals surface area contributed by atoms with Gasteiger partial charge < -0.3 is 18.3 Å². The lowest BCUT2D eigenvalue weighted by Gasteiger charge is -2.27. The van der Waals surface area contributed by atoms with Crippen LogP contribution in [0.3, 0.4) is 0 Å². The number of nitriles is 2. The zero-order valence-electron chi connectivity index (χ0n) is 40.3. The molecule has 0 N–H and O–H groups in total. The van der Waals surface area contributed by atoms with Crippen molar-refractivity contribution in [2.75, 3.05) is 0 Å². The van der Waals surface area contributed by atoms with Gasteiger partial charge in [0.2, 0.25) is 0 Å². The summed E-state index contributed by atoms with van der Waals surface area (Å²) in [5, 5.41) is 38.6. The van der Waals surface area contributed by atoms with E-state index in [1.165, 1.54) is 40.3 Å². The van der Waals surface area contributed by atoms with E-state index >= 15 is 0 Å². The first-order chi connectivity index (χ1) is 37.7. The third-order valence-electron chi connectivity index (χ3n) is 16.0. The Labute approximate surface area is 440 Å². The summed E-state index contributed by atoms with van der Waals surface area (Å²) in [6.45, 7) is 0. The Bertz CT molecular complexity index is 5190. The Kier molecular flexibility index (Phi) is 8.36. The number of thiophene rings is 2. The lowest BCUT2D eigenvalue weighted by molar-refractivity contribution is 1.02. The maximum Gasteiger partial charge on any atom is 0.104 e. The summed E-state index contributed by atoms with van der Waals surface area (Å²) in [7, 11) is 0. The Balaban J connectivity index is 1.20. The van der Waals surface area contributed by atoms with Gasteiger partial charge in [-0.15, -0.1) is 22.7 Å². The van der Waals surface area contributed by atoms with Gasteiger partial charge in [-0.1, -0.05) is 146 Å². The highest BCUT2D eigenvalue weighted by molar-refractivity contribution is 7.26. The maximum absolute atomic E-state index is 12.6. The molecule has 0 spiro atoms. The van der Waals surface area contributed by atoms with Crippen LogP contribution >= 0.6 is 22.7 Å². The first-order valence-corrected chi connectivity index (χ1v) is 27.0. The van der Waals surface area contributed by atoms with Crippen molar-refractivity contribution >= 4 is 150 Å². The summed E-state index contributed by atoms with van der Waals surface area (Å²) in [6.07, 6.45) is 0. The molecule has 0 aliphatic heterocycles. The van der Waals surface area contributed by atoms with E-state index in [4.69, 9.17) is 0 Å². The first kappa shape index (κ1) is 41.5. The minimum absolute atomic E-state index is 0.383. The van der Waals surface area contributed by atoms with E-state index < -0.39 is 0 Å². The van der Waals surface area contributed by atoms with Gasteiger partial charge in [0.1, 0.15) is 23.3 Å². The van der Waals surface area contributed by atoms with Crippen LogP contribution in [0.25, 0.3) is 150 Å². The molecule has 17 rings (SSSR count). The van der Waals surface area contributed by atoms with Crippen molar-refractivity contribution in [1.82, 2.24) is 18.3 Å². The quantitative estimate of drug-likeness (QED) is 0.176. The molecule has 6 aromatic heterocycles. The topological polar surface area (TPSA) is 67.3 Å². The molecule has 0 amide bonds. The Morgan fingerprint density at radius 3 is 0.895 bits per heavy atom. The van der Waals surface area contributed by atoms with E-state index in [9.17, 15) is 10.5 Å². The Morgan fingerprint density at radius 1 is 0.237 bits per heavy atom. The van der Waals surface area contributed by atoms with Gasteiger partial charge in [-0.2, -0.15) is 10.5 Å². The van der Waals surface area contributed by atoms with E-state index in [1.807, 2.05) is 0 Å². The van der Waals surface area contributed by atoms with Crippen molar-refractivity contribution in [1.29, 1.82) is 10.5 Å². The third kappa shape index (κ3) is 5.26. The summed E-state index contributed by atoms with van der Waals surface area (Å²) < 4.78 is 14.1. The van der Waals surface area contributed by atoms with Crippen LogP contribution in [-0.2, 0) is 0 Å². The highest BCUT2D eigenvalue weighted by Crippen LogP contribution is 2.52. The van der Waals surface area contributed by atoms with Gasteiger partial charge in [0.25, 0.3) is 0 Å². The minimum Gasteiger partial charge on any atom is -0.306 e. The molecule has 0 unspecified atom stereocenters. The van der Waals surface area contributed by atoms with E-state index in [0.29, 0.717) is 28.2 Å². The summed E-state index contributed by atoms with van der Waals surface area (Å²) >= 11 is 3.61. The third-order valence-corrected chi connectivity index (χ3v) is 18.3. The number of hydrogen-bond acceptors (Lipinski definition) is 4. The molecule has 350 valence electrons. The smallest absolute Gasteiger partial charge is 0.104 e. The fourth-order valence-electron chi connectivity index (χ4n) is 13.1. The largest absolute Gasteiger partial charge is 0.306 e. The molecule has 0 saturated carbocycles. The number of nitrogens with zero attached hydrogens (tertiary/aromatic N) is 6. The second-order valence-corrected chi connectivity index (χ2v) is 21.8. The van der Waals surface area contributed by atoms with Gasteiger partial charge in [0, 0.05) is 83.4 Å². The van der Waals surface area contributed by atoms with Crippen molar-refractivity contribution in [3.8, 4) is 34.9 Å². The van der Waals surface area contributed by atoms with Gasteiger partial charge in [-0.05, 0) is 72.8 Å². The standard InChI is InChI=1S/C68H36N6S2/c69-37-47-65(71-49-25-9-1-17-39(49)40-18-2-10-26-50(40)71)48(38-70)67(74-54-30-14-6-22-44(54)62-56(74)34-36-60-64(62)46-24-8-16-32-58(46)76-60)68(72-51-27-11-3-19-41(51)42-20-4-12-28-52(42)72)66(47)73-53-29-13-5-21-43(53)61-55(73)33-35-59-63(61)45-23-7-15-31-57(45)75-59/h1-36H. The van der Waals surface area contributed by atoms with Crippen molar-refractivity contribution in [3.63, 3.8) is 0 Å². The van der Waals surface area contributed by atoms with Crippen LogP contribution in [0.1, 0.15) is 11.1 Å². The van der Waals surface area contributed by atoms with Gasteiger partial charge >= 0.3 is 0 Å². The predicted molar refractivity (Wildman–Crippen MR) is 319 cm³/mol. The van der Waals surface area contributed by atoms with Crippen molar-refractivity contribution < 1.29 is 0 Å². The Morgan fingerprint density at radius 2 is 0.526 bits per heavy atom. The molecule has 0 aliphatic rings. The van der Waals surface area contributed by atoms with Crippen LogP contribution in [0, 0.1) is 22.7 Å². The van der Waals surface area contributed by atoms with E-state index in [1.54, 1.807) is 22.7 Å². The van der Waals surface area contributed by atoms with E-state index in [2.05, 4.69) is 249 Å². The molecular formula is C68H36N6S2. The Hall–Kier alpha value is -9.96. The van der Waals surface area contributed by atoms with Crippen LogP contribution in [0.5, 0.6) is 0 Å². The zero-order chi connectivity index (χ0) is 49.9. The van der Waals surface area contributed by atoms with Crippen LogP contribution in [0.4, 0.5) is 0 Å². The number of rotatable bonds is 4.